The normalized spacial score (nSPS) is 10.4. The van der Waals surface area contributed by atoms with Crippen LogP contribution in [0, 0.1) is 5.82 Å². The number of halogens is 1. The van der Waals surface area contributed by atoms with Crippen LogP contribution < -0.4 is 4.74 Å². The molecule has 0 saturated carbocycles. The maximum atomic E-state index is 12.9. The highest BCUT2D eigenvalue weighted by Gasteiger charge is 2.13. The van der Waals surface area contributed by atoms with Crippen molar-refractivity contribution in [3.8, 4) is 17.3 Å². The average molecular weight is 329 g/mol. The summed E-state index contributed by atoms with van der Waals surface area (Å²) in [6.45, 7) is 0.127. The maximum absolute atomic E-state index is 12.9. The number of aromatic nitrogens is 3. The first-order valence-electron chi connectivity index (χ1n) is 6.89. The van der Waals surface area contributed by atoms with E-state index in [1.165, 1.54) is 31.7 Å². The first-order chi connectivity index (χ1) is 11.7. The van der Waals surface area contributed by atoms with Crippen LogP contribution >= 0.6 is 0 Å². The van der Waals surface area contributed by atoms with Gasteiger partial charge in [0.2, 0.25) is 5.88 Å². The molecule has 0 bridgehead atoms. The van der Waals surface area contributed by atoms with Crippen LogP contribution in [0.3, 0.4) is 0 Å². The molecule has 3 aromatic rings. The fourth-order valence-electron chi connectivity index (χ4n) is 1.94. The zero-order valence-corrected chi connectivity index (χ0v) is 12.6. The van der Waals surface area contributed by atoms with Gasteiger partial charge in [-0.25, -0.2) is 14.2 Å². The average Bonchev–Trinajstić information content (AvgIpc) is 3.09. The summed E-state index contributed by atoms with van der Waals surface area (Å²) < 4.78 is 28.0. The van der Waals surface area contributed by atoms with Gasteiger partial charge in [-0.1, -0.05) is 5.16 Å². The molecule has 0 spiro atoms. The molecule has 0 N–H and O–H groups in total. The molecule has 3 aromatic heterocycles. The van der Waals surface area contributed by atoms with Crippen LogP contribution in [0.2, 0.25) is 0 Å². The lowest BCUT2D eigenvalue weighted by molar-refractivity contribution is 0.0600. The molecular weight excluding hydrogens is 317 g/mol. The topological polar surface area (TPSA) is 87.3 Å². The van der Waals surface area contributed by atoms with E-state index in [1.807, 2.05) is 0 Å². The lowest BCUT2D eigenvalue weighted by atomic mass is 10.2. The monoisotopic (exact) mass is 329 g/mol. The van der Waals surface area contributed by atoms with Gasteiger partial charge in [0.05, 0.1) is 30.1 Å². The number of hydrogen-bond donors (Lipinski definition) is 0. The van der Waals surface area contributed by atoms with Crippen molar-refractivity contribution in [2.24, 2.45) is 0 Å². The summed E-state index contributed by atoms with van der Waals surface area (Å²) in [7, 11) is 1.30. The van der Waals surface area contributed by atoms with Crippen molar-refractivity contribution in [3.63, 3.8) is 0 Å². The zero-order chi connectivity index (χ0) is 16.9. The van der Waals surface area contributed by atoms with E-state index in [0.29, 0.717) is 28.4 Å². The highest BCUT2D eigenvalue weighted by atomic mass is 19.1. The van der Waals surface area contributed by atoms with Crippen molar-refractivity contribution < 1.29 is 23.2 Å². The molecule has 0 saturated heterocycles. The first kappa shape index (κ1) is 15.6. The van der Waals surface area contributed by atoms with Crippen LogP contribution in [0.15, 0.2) is 47.4 Å². The van der Waals surface area contributed by atoms with Gasteiger partial charge in [-0.2, -0.15) is 0 Å². The molecule has 8 heteroatoms. The van der Waals surface area contributed by atoms with Gasteiger partial charge in [0, 0.05) is 12.3 Å². The maximum Gasteiger partial charge on any atom is 0.339 e. The third-order valence-corrected chi connectivity index (χ3v) is 3.15. The minimum Gasteiger partial charge on any atom is -0.473 e. The number of esters is 1. The van der Waals surface area contributed by atoms with Crippen LogP contribution in [0.1, 0.15) is 15.9 Å². The van der Waals surface area contributed by atoms with Crippen molar-refractivity contribution in [2.45, 2.75) is 6.61 Å². The highest BCUT2D eigenvalue weighted by Crippen LogP contribution is 2.21. The van der Waals surface area contributed by atoms with E-state index in [2.05, 4.69) is 19.9 Å². The summed E-state index contributed by atoms with van der Waals surface area (Å²) in [6, 6.07) is 5.88. The van der Waals surface area contributed by atoms with Gasteiger partial charge in [0.15, 0.2) is 0 Å². The Kier molecular flexibility index (Phi) is 4.46. The van der Waals surface area contributed by atoms with Crippen molar-refractivity contribution in [1.29, 1.82) is 0 Å². The highest BCUT2D eigenvalue weighted by molar-refractivity contribution is 5.88. The van der Waals surface area contributed by atoms with E-state index in [4.69, 9.17) is 9.26 Å². The molecule has 3 heterocycles. The molecule has 122 valence electrons. The number of hydrogen-bond acceptors (Lipinski definition) is 7. The SMILES string of the molecule is COC(=O)c1ccc(OCc2conc2-c2ccc(F)cn2)nc1. The summed E-state index contributed by atoms with van der Waals surface area (Å²) in [5, 5.41) is 3.86. The van der Waals surface area contributed by atoms with Gasteiger partial charge in [-0.3, -0.25) is 4.98 Å². The molecule has 7 nitrogen and oxygen atoms in total. The zero-order valence-electron chi connectivity index (χ0n) is 12.6. The third-order valence-electron chi connectivity index (χ3n) is 3.15. The van der Waals surface area contributed by atoms with Gasteiger partial charge in [-0.05, 0) is 18.2 Å². The Balaban J connectivity index is 1.70. The van der Waals surface area contributed by atoms with Crippen LogP contribution in [0.4, 0.5) is 4.39 Å². The lowest BCUT2D eigenvalue weighted by Crippen LogP contribution is -2.03. The standard InChI is InChI=1S/C16H12FN3O4/c1-22-16(21)10-2-5-14(19-6-10)23-8-11-9-24-20-15(11)13-4-3-12(17)7-18-13/h2-7,9H,8H2,1H3. The van der Waals surface area contributed by atoms with Gasteiger partial charge in [0.25, 0.3) is 0 Å². The van der Waals surface area contributed by atoms with Crippen molar-refractivity contribution in [2.75, 3.05) is 7.11 Å². The largest absolute Gasteiger partial charge is 0.473 e. The Hall–Kier alpha value is -3.29. The van der Waals surface area contributed by atoms with Crippen molar-refractivity contribution in [3.05, 3.63) is 59.9 Å². The quantitative estimate of drug-likeness (QED) is 0.665. The molecule has 0 aromatic carbocycles. The van der Waals surface area contributed by atoms with E-state index in [-0.39, 0.29) is 6.61 Å². The predicted octanol–water partition coefficient (Wildman–Crippen LogP) is 2.64. The molecule has 0 aliphatic carbocycles. The summed E-state index contributed by atoms with van der Waals surface area (Å²) in [6.07, 6.45) is 3.88. The minimum atomic E-state index is -0.474. The molecule has 0 radical (unpaired) electrons. The second-order valence-corrected chi connectivity index (χ2v) is 4.72. The van der Waals surface area contributed by atoms with Gasteiger partial charge in [0.1, 0.15) is 24.4 Å². The number of ether oxygens (including phenoxy) is 2. The fourth-order valence-corrected chi connectivity index (χ4v) is 1.94. The molecule has 0 aliphatic rings. The minimum absolute atomic E-state index is 0.127. The van der Waals surface area contributed by atoms with Gasteiger partial charge in [-0.15, -0.1) is 0 Å². The molecule has 0 aliphatic heterocycles. The number of nitrogens with zero attached hydrogens (tertiary/aromatic N) is 3. The number of carbonyl (C=O) groups excluding carboxylic acids is 1. The fraction of sp³-hybridized carbons (Fsp3) is 0.125. The third kappa shape index (κ3) is 3.37. The number of pyridine rings is 2. The van der Waals surface area contributed by atoms with Gasteiger partial charge >= 0.3 is 5.97 Å². The van der Waals surface area contributed by atoms with Crippen molar-refractivity contribution >= 4 is 5.97 Å². The lowest BCUT2D eigenvalue weighted by Gasteiger charge is -2.05. The second kappa shape index (κ2) is 6.86. The van der Waals surface area contributed by atoms with Crippen molar-refractivity contribution in [1.82, 2.24) is 15.1 Å². The van der Waals surface area contributed by atoms with Crippen LogP contribution in [0.5, 0.6) is 5.88 Å². The number of carbonyl (C=O) groups is 1. The second-order valence-electron chi connectivity index (χ2n) is 4.72. The molecule has 0 unspecified atom stereocenters. The Morgan fingerprint density at radius 2 is 2.08 bits per heavy atom. The molecule has 3 rings (SSSR count). The molecule has 0 amide bonds. The molecule has 0 atom stereocenters. The summed E-state index contributed by atoms with van der Waals surface area (Å²) in [5.41, 5.74) is 1.89. The van der Waals surface area contributed by atoms with E-state index in [1.54, 1.807) is 12.1 Å². The predicted molar refractivity (Wildman–Crippen MR) is 79.6 cm³/mol. The Labute approximate surface area is 136 Å². The van der Waals surface area contributed by atoms with E-state index >= 15 is 0 Å². The Bertz CT molecular complexity index is 831. The first-order valence-corrected chi connectivity index (χ1v) is 6.89. The number of methoxy groups -OCH3 is 1. The Morgan fingerprint density at radius 3 is 2.75 bits per heavy atom. The van der Waals surface area contributed by atoms with E-state index in [0.717, 1.165) is 6.20 Å². The van der Waals surface area contributed by atoms with Crippen LogP contribution in [-0.2, 0) is 11.3 Å². The smallest absolute Gasteiger partial charge is 0.339 e. The number of rotatable bonds is 5. The van der Waals surface area contributed by atoms with E-state index < -0.39 is 11.8 Å². The Morgan fingerprint density at radius 1 is 1.21 bits per heavy atom. The molecular formula is C16H12FN3O4. The summed E-state index contributed by atoms with van der Waals surface area (Å²) in [4.78, 5) is 19.3. The summed E-state index contributed by atoms with van der Waals surface area (Å²) >= 11 is 0. The van der Waals surface area contributed by atoms with E-state index in [9.17, 15) is 9.18 Å². The van der Waals surface area contributed by atoms with Crippen LogP contribution in [0.25, 0.3) is 11.4 Å². The molecule has 24 heavy (non-hydrogen) atoms. The van der Waals surface area contributed by atoms with Crippen LogP contribution in [-0.4, -0.2) is 28.2 Å². The molecule has 0 fully saturated rings. The van der Waals surface area contributed by atoms with Gasteiger partial charge < -0.3 is 14.0 Å². The summed E-state index contributed by atoms with van der Waals surface area (Å²) in [5.74, 6) is -0.588.